The van der Waals surface area contributed by atoms with E-state index in [1.807, 2.05) is 0 Å². The van der Waals surface area contributed by atoms with Gasteiger partial charge in [0, 0.05) is 29.8 Å². The van der Waals surface area contributed by atoms with E-state index in [1.165, 1.54) is 4.88 Å². The molecule has 1 aliphatic carbocycles. The second-order valence-electron chi connectivity index (χ2n) is 6.95. The number of aryl methyl sites for hydroxylation is 2. The number of imide groups is 1. The van der Waals surface area contributed by atoms with Crippen LogP contribution in [0.1, 0.15) is 46.6 Å². The molecule has 1 aromatic carbocycles. The molecule has 0 N–H and O–H groups in total. The van der Waals surface area contributed by atoms with Gasteiger partial charge >= 0.3 is 0 Å². The molecule has 1 aromatic heterocycles. The van der Waals surface area contributed by atoms with Crippen LogP contribution in [0, 0.1) is 0 Å². The molecule has 1 aliphatic heterocycles. The van der Waals surface area contributed by atoms with Crippen LogP contribution in [-0.4, -0.2) is 29.3 Å². The highest BCUT2D eigenvalue weighted by Gasteiger charge is 2.31. The van der Waals surface area contributed by atoms with Crippen molar-refractivity contribution in [3.05, 3.63) is 53.1 Å². The first kappa shape index (κ1) is 18.6. The van der Waals surface area contributed by atoms with Crippen molar-refractivity contribution in [3.8, 4) is 0 Å². The summed E-state index contributed by atoms with van der Waals surface area (Å²) in [5.41, 5.74) is 1.95. The average Bonchev–Trinajstić information content (AvgIpc) is 3.28. The van der Waals surface area contributed by atoms with E-state index in [0.717, 1.165) is 36.3 Å². The Labute approximate surface area is 167 Å². The van der Waals surface area contributed by atoms with Crippen LogP contribution in [0.25, 0.3) is 0 Å². The highest BCUT2D eigenvalue weighted by molar-refractivity contribution is 7.16. The molecule has 2 aliphatic rings. The molecule has 4 rings (SSSR count). The molecule has 0 unspecified atom stereocenters. The van der Waals surface area contributed by atoms with Gasteiger partial charge in [-0.05, 0) is 43.9 Å². The van der Waals surface area contributed by atoms with Gasteiger partial charge in [0.05, 0.1) is 11.4 Å². The number of amides is 3. The molecule has 2 aromatic rings. The molecule has 0 spiro atoms. The lowest BCUT2D eigenvalue weighted by atomic mass is 10.0. The number of aromatic nitrogens is 1. The van der Waals surface area contributed by atoms with Crippen LogP contribution in [0.4, 0.5) is 10.8 Å². The molecule has 0 bridgehead atoms. The van der Waals surface area contributed by atoms with Gasteiger partial charge in [-0.1, -0.05) is 12.1 Å². The number of thiazole rings is 1. The van der Waals surface area contributed by atoms with Crippen molar-refractivity contribution < 1.29 is 14.4 Å². The Morgan fingerprint density at radius 2 is 1.93 bits per heavy atom. The van der Waals surface area contributed by atoms with E-state index in [2.05, 4.69) is 6.58 Å². The van der Waals surface area contributed by atoms with Gasteiger partial charge in [0.1, 0.15) is 0 Å². The second-order valence-corrected chi connectivity index (χ2v) is 8.01. The van der Waals surface area contributed by atoms with E-state index < -0.39 is 0 Å². The summed E-state index contributed by atoms with van der Waals surface area (Å²) in [6.07, 6.45) is 6.36. The number of nitrogens with zero attached hydrogens (tertiary/aromatic N) is 3. The molecule has 0 atom stereocenters. The largest absolute Gasteiger partial charge is 0.280 e. The maximum absolute atomic E-state index is 13.2. The fraction of sp³-hybridized carbons (Fsp3) is 0.333. The van der Waals surface area contributed by atoms with Crippen molar-refractivity contribution in [2.45, 2.75) is 38.5 Å². The van der Waals surface area contributed by atoms with Crippen molar-refractivity contribution >= 4 is 39.9 Å². The summed E-state index contributed by atoms with van der Waals surface area (Å²) in [6.45, 7) is 4.11. The van der Waals surface area contributed by atoms with Crippen LogP contribution < -0.4 is 9.80 Å². The molecule has 1 fully saturated rings. The zero-order valence-corrected chi connectivity index (χ0v) is 16.3. The zero-order chi connectivity index (χ0) is 19.7. The third-order valence-electron chi connectivity index (χ3n) is 5.02. The van der Waals surface area contributed by atoms with Crippen molar-refractivity contribution in [2.75, 3.05) is 16.3 Å². The number of fused-ring (bicyclic) bond motifs is 1. The van der Waals surface area contributed by atoms with E-state index in [4.69, 9.17) is 4.98 Å². The average molecular weight is 395 g/mol. The van der Waals surface area contributed by atoms with Gasteiger partial charge in [0.15, 0.2) is 5.13 Å². The molecule has 2 heterocycles. The first-order valence-electron chi connectivity index (χ1n) is 9.45. The molecule has 144 valence electrons. The molecule has 6 nitrogen and oxygen atoms in total. The van der Waals surface area contributed by atoms with Crippen LogP contribution >= 0.6 is 11.3 Å². The summed E-state index contributed by atoms with van der Waals surface area (Å²) in [4.78, 5) is 46.0. The van der Waals surface area contributed by atoms with E-state index in [-0.39, 0.29) is 30.6 Å². The Balaban J connectivity index is 1.65. The van der Waals surface area contributed by atoms with Crippen LogP contribution in [0.2, 0.25) is 0 Å². The fourth-order valence-corrected chi connectivity index (χ4v) is 4.78. The summed E-state index contributed by atoms with van der Waals surface area (Å²) in [5.74, 6) is -0.678. The van der Waals surface area contributed by atoms with Crippen molar-refractivity contribution in [3.63, 3.8) is 0 Å². The number of rotatable bonds is 5. The third kappa shape index (κ3) is 3.38. The maximum atomic E-state index is 13.2. The van der Waals surface area contributed by atoms with E-state index in [1.54, 1.807) is 46.6 Å². The third-order valence-corrected chi connectivity index (χ3v) is 6.21. The number of anilines is 2. The van der Waals surface area contributed by atoms with Gasteiger partial charge < -0.3 is 0 Å². The predicted molar refractivity (Wildman–Crippen MR) is 109 cm³/mol. The summed E-state index contributed by atoms with van der Waals surface area (Å²) in [6, 6.07) is 6.67. The summed E-state index contributed by atoms with van der Waals surface area (Å²) in [5, 5.41) is 0.676. The molecular formula is C21H21N3O3S. The fourth-order valence-electron chi connectivity index (χ4n) is 3.63. The number of benzene rings is 1. The maximum Gasteiger partial charge on any atom is 0.260 e. The molecule has 7 heteroatoms. The standard InChI is InChI=1S/C21H21N3O3S/c1-2-12-23(21-22-16-8-3-4-9-17(16)28-21)20(27)14-6-5-7-15(13-14)24-18(25)10-11-19(24)26/h2,5-7,13H,1,3-4,8-12H2. The SMILES string of the molecule is C=CCN(C(=O)c1cccc(N2C(=O)CCC2=O)c1)c1nc2c(s1)CCCC2. The molecule has 28 heavy (non-hydrogen) atoms. The highest BCUT2D eigenvalue weighted by atomic mass is 32.1. The first-order chi connectivity index (χ1) is 13.6. The van der Waals surface area contributed by atoms with Gasteiger partial charge in [0.25, 0.3) is 5.91 Å². The lowest BCUT2D eigenvalue weighted by Crippen LogP contribution is -2.32. The summed E-state index contributed by atoms with van der Waals surface area (Å²) < 4.78 is 0. The number of hydrogen-bond acceptors (Lipinski definition) is 5. The van der Waals surface area contributed by atoms with Gasteiger partial charge in [-0.3, -0.25) is 24.2 Å². The smallest absolute Gasteiger partial charge is 0.260 e. The minimum absolute atomic E-state index is 0.213. The van der Waals surface area contributed by atoms with Crippen LogP contribution in [-0.2, 0) is 22.4 Å². The Hall–Kier alpha value is -2.80. The molecular weight excluding hydrogens is 374 g/mol. The lowest BCUT2D eigenvalue weighted by Gasteiger charge is -2.20. The molecule has 3 amide bonds. The predicted octanol–water partition coefficient (Wildman–Crippen LogP) is 3.51. The number of carbonyl (C=O) groups is 3. The quantitative estimate of drug-likeness (QED) is 0.574. The van der Waals surface area contributed by atoms with Gasteiger partial charge in [-0.15, -0.1) is 17.9 Å². The monoisotopic (exact) mass is 395 g/mol. The van der Waals surface area contributed by atoms with Crippen LogP contribution in [0.5, 0.6) is 0 Å². The lowest BCUT2D eigenvalue weighted by molar-refractivity contribution is -0.121. The molecule has 0 radical (unpaired) electrons. The number of hydrogen-bond donors (Lipinski definition) is 0. The van der Waals surface area contributed by atoms with Crippen molar-refractivity contribution in [1.82, 2.24) is 4.98 Å². The van der Waals surface area contributed by atoms with E-state index >= 15 is 0 Å². The Kier molecular flexibility index (Phi) is 5.09. The minimum Gasteiger partial charge on any atom is -0.280 e. The van der Waals surface area contributed by atoms with Crippen LogP contribution in [0.15, 0.2) is 36.9 Å². The topological polar surface area (TPSA) is 70.6 Å². The minimum atomic E-state index is -0.231. The highest BCUT2D eigenvalue weighted by Crippen LogP contribution is 2.33. The zero-order valence-electron chi connectivity index (χ0n) is 15.5. The summed E-state index contributed by atoms with van der Waals surface area (Å²) >= 11 is 1.56. The van der Waals surface area contributed by atoms with E-state index in [9.17, 15) is 14.4 Å². The van der Waals surface area contributed by atoms with Gasteiger partial charge in [-0.25, -0.2) is 4.98 Å². The first-order valence-corrected chi connectivity index (χ1v) is 10.3. The number of carbonyl (C=O) groups excluding carboxylic acids is 3. The van der Waals surface area contributed by atoms with Crippen molar-refractivity contribution in [1.29, 1.82) is 0 Å². The van der Waals surface area contributed by atoms with Gasteiger partial charge in [-0.2, -0.15) is 0 Å². The molecule has 1 saturated heterocycles. The Morgan fingerprint density at radius 3 is 2.64 bits per heavy atom. The Morgan fingerprint density at radius 1 is 1.18 bits per heavy atom. The normalized spacial score (nSPS) is 16.2. The summed E-state index contributed by atoms with van der Waals surface area (Å²) in [7, 11) is 0. The van der Waals surface area contributed by atoms with Crippen LogP contribution in [0.3, 0.4) is 0 Å². The van der Waals surface area contributed by atoms with Gasteiger partial charge in [0.2, 0.25) is 11.8 Å². The van der Waals surface area contributed by atoms with E-state index in [0.29, 0.717) is 22.9 Å². The Bertz CT molecular complexity index is 926. The van der Waals surface area contributed by atoms with Crippen molar-refractivity contribution in [2.24, 2.45) is 0 Å². The molecule has 0 saturated carbocycles. The second kappa shape index (κ2) is 7.67.